The molecule has 1 atom stereocenters. The van der Waals surface area contributed by atoms with Crippen LogP contribution in [0.3, 0.4) is 0 Å². The molecule has 1 heterocycles. The third-order valence-corrected chi connectivity index (χ3v) is 2.75. The lowest BCUT2D eigenvalue weighted by molar-refractivity contribution is -0.135. The van der Waals surface area contributed by atoms with Crippen molar-refractivity contribution >= 4 is 5.97 Å². The first kappa shape index (κ1) is 10.7. The van der Waals surface area contributed by atoms with Crippen LogP contribution in [0.4, 0.5) is 0 Å². The minimum atomic E-state index is -0.158. The highest BCUT2D eigenvalue weighted by molar-refractivity contribution is 5.76. The number of methoxy groups -OCH3 is 1. The third-order valence-electron chi connectivity index (χ3n) is 2.75. The Bertz CT molecular complexity index is 417. The number of benzene rings is 1. The van der Waals surface area contributed by atoms with E-state index < -0.39 is 0 Å². The first-order chi connectivity index (χ1) is 7.74. The monoisotopic (exact) mass is 218 g/mol. The molecular formula is C13H14O3. The maximum absolute atomic E-state index is 11.2. The Morgan fingerprint density at radius 3 is 2.62 bits per heavy atom. The molecule has 1 fully saturated rings. The molecule has 0 radical (unpaired) electrons. The number of rotatable bonds is 2. The van der Waals surface area contributed by atoms with Gasteiger partial charge in [0.05, 0.1) is 19.4 Å². The van der Waals surface area contributed by atoms with Crippen molar-refractivity contribution in [2.45, 2.75) is 19.3 Å². The minimum absolute atomic E-state index is 0.0587. The van der Waals surface area contributed by atoms with Crippen LogP contribution in [-0.2, 0) is 9.53 Å². The number of hydrogen-bond donors (Lipinski definition) is 0. The molecule has 0 aliphatic carbocycles. The molecule has 3 heteroatoms. The second kappa shape index (κ2) is 4.39. The molecule has 2 rings (SSSR count). The van der Waals surface area contributed by atoms with Crippen LogP contribution in [0.25, 0.3) is 0 Å². The summed E-state index contributed by atoms with van der Waals surface area (Å²) in [5.41, 5.74) is 1.08. The largest absolute Gasteiger partial charge is 0.497 e. The predicted octanol–water partition coefficient (Wildman–Crippen LogP) is 2.63. The third kappa shape index (κ3) is 1.94. The minimum Gasteiger partial charge on any atom is -0.497 e. The normalized spacial score (nSPS) is 22.2. The van der Waals surface area contributed by atoms with Gasteiger partial charge in [-0.2, -0.15) is 0 Å². The summed E-state index contributed by atoms with van der Waals surface area (Å²) < 4.78 is 10.2. The Morgan fingerprint density at radius 1 is 1.38 bits per heavy atom. The van der Waals surface area contributed by atoms with Gasteiger partial charge in [-0.3, -0.25) is 4.79 Å². The number of esters is 1. The van der Waals surface area contributed by atoms with Crippen LogP contribution < -0.4 is 4.74 Å². The van der Waals surface area contributed by atoms with Gasteiger partial charge in [-0.05, 0) is 30.7 Å². The lowest BCUT2D eigenvalue weighted by atomic mass is 9.95. The fourth-order valence-electron chi connectivity index (χ4n) is 1.89. The molecule has 0 N–H and O–H groups in total. The fraction of sp³-hybridized carbons (Fsp3) is 0.308. The molecule has 0 amide bonds. The zero-order chi connectivity index (χ0) is 11.5. The molecule has 0 spiro atoms. The van der Waals surface area contributed by atoms with E-state index in [4.69, 9.17) is 9.47 Å². The Kier molecular flexibility index (Phi) is 2.95. The average molecular weight is 218 g/mol. The van der Waals surface area contributed by atoms with E-state index in [0.29, 0.717) is 6.42 Å². The van der Waals surface area contributed by atoms with Crippen LogP contribution >= 0.6 is 0 Å². The van der Waals surface area contributed by atoms with Crippen molar-refractivity contribution in [1.29, 1.82) is 0 Å². The van der Waals surface area contributed by atoms with Crippen LogP contribution in [0.15, 0.2) is 36.1 Å². The van der Waals surface area contributed by atoms with Crippen molar-refractivity contribution in [2.75, 3.05) is 7.11 Å². The Morgan fingerprint density at radius 2 is 2.06 bits per heavy atom. The van der Waals surface area contributed by atoms with Crippen molar-refractivity contribution in [3.63, 3.8) is 0 Å². The summed E-state index contributed by atoms with van der Waals surface area (Å²) in [6.07, 6.45) is 2.27. The first-order valence-electron chi connectivity index (χ1n) is 5.25. The van der Waals surface area contributed by atoms with Crippen molar-refractivity contribution < 1.29 is 14.3 Å². The molecule has 1 aromatic carbocycles. The van der Waals surface area contributed by atoms with Crippen LogP contribution in [0.2, 0.25) is 0 Å². The van der Waals surface area contributed by atoms with Crippen LogP contribution in [0.5, 0.6) is 5.75 Å². The molecule has 0 aromatic heterocycles. The topological polar surface area (TPSA) is 35.5 Å². The number of allylic oxidation sites excluding steroid dienone is 2. The van der Waals surface area contributed by atoms with Gasteiger partial charge in [0.15, 0.2) is 0 Å². The second-order valence-electron chi connectivity index (χ2n) is 3.69. The van der Waals surface area contributed by atoms with Crippen molar-refractivity contribution in [3.05, 3.63) is 41.7 Å². The molecule has 3 nitrogen and oxygen atoms in total. The van der Waals surface area contributed by atoms with Gasteiger partial charge in [0.2, 0.25) is 0 Å². The zero-order valence-electron chi connectivity index (χ0n) is 9.40. The molecule has 1 aromatic rings. The van der Waals surface area contributed by atoms with E-state index in [9.17, 15) is 4.79 Å². The second-order valence-corrected chi connectivity index (χ2v) is 3.69. The van der Waals surface area contributed by atoms with Crippen LogP contribution in [0, 0.1) is 0 Å². The Balaban J connectivity index is 2.26. The molecule has 1 unspecified atom stereocenters. The lowest BCUT2D eigenvalue weighted by Gasteiger charge is -2.09. The van der Waals surface area contributed by atoms with Gasteiger partial charge in [0.1, 0.15) is 11.5 Å². The first-order valence-corrected chi connectivity index (χ1v) is 5.25. The van der Waals surface area contributed by atoms with Crippen LogP contribution in [0.1, 0.15) is 24.8 Å². The predicted molar refractivity (Wildman–Crippen MR) is 60.2 cm³/mol. The summed E-state index contributed by atoms with van der Waals surface area (Å²) in [4.78, 5) is 11.2. The quantitative estimate of drug-likeness (QED) is 0.716. The van der Waals surface area contributed by atoms with Gasteiger partial charge in [-0.1, -0.05) is 12.1 Å². The van der Waals surface area contributed by atoms with Gasteiger partial charge >= 0.3 is 5.97 Å². The molecule has 1 aliphatic heterocycles. The molecule has 0 bridgehead atoms. The van der Waals surface area contributed by atoms with E-state index in [2.05, 4.69) is 0 Å². The molecule has 1 saturated heterocycles. The molecule has 84 valence electrons. The van der Waals surface area contributed by atoms with Crippen molar-refractivity contribution in [2.24, 2.45) is 0 Å². The van der Waals surface area contributed by atoms with Gasteiger partial charge < -0.3 is 9.47 Å². The van der Waals surface area contributed by atoms with E-state index in [1.54, 1.807) is 7.11 Å². The molecule has 0 saturated carbocycles. The van der Waals surface area contributed by atoms with Gasteiger partial charge in [-0.15, -0.1) is 0 Å². The van der Waals surface area contributed by atoms with E-state index >= 15 is 0 Å². The maximum atomic E-state index is 11.2. The van der Waals surface area contributed by atoms with E-state index in [1.165, 1.54) is 0 Å². The molecule has 16 heavy (non-hydrogen) atoms. The SMILES string of the molecule is C/C=C1\OC(=O)CC1c1ccc(OC)cc1. The number of hydrogen-bond acceptors (Lipinski definition) is 3. The Labute approximate surface area is 94.7 Å². The number of carbonyl (C=O) groups is 1. The number of ether oxygens (including phenoxy) is 2. The van der Waals surface area contributed by atoms with Crippen molar-refractivity contribution in [3.8, 4) is 5.75 Å². The van der Waals surface area contributed by atoms with E-state index in [-0.39, 0.29) is 11.9 Å². The summed E-state index contributed by atoms with van der Waals surface area (Å²) in [5, 5.41) is 0. The van der Waals surface area contributed by atoms with E-state index in [1.807, 2.05) is 37.3 Å². The number of carbonyl (C=O) groups excluding carboxylic acids is 1. The van der Waals surface area contributed by atoms with Gasteiger partial charge in [-0.25, -0.2) is 0 Å². The molecular weight excluding hydrogens is 204 g/mol. The fourth-order valence-corrected chi connectivity index (χ4v) is 1.89. The summed E-state index contributed by atoms with van der Waals surface area (Å²) in [6.45, 7) is 1.88. The summed E-state index contributed by atoms with van der Waals surface area (Å²) in [6, 6.07) is 7.72. The smallest absolute Gasteiger partial charge is 0.311 e. The zero-order valence-corrected chi connectivity index (χ0v) is 9.40. The van der Waals surface area contributed by atoms with Gasteiger partial charge in [0, 0.05) is 0 Å². The Hall–Kier alpha value is -1.77. The highest BCUT2D eigenvalue weighted by atomic mass is 16.5. The summed E-state index contributed by atoms with van der Waals surface area (Å²) >= 11 is 0. The summed E-state index contributed by atoms with van der Waals surface area (Å²) in [5.74, 6) is 1.46. The standard InChI is InChI=1S/C13H14O3/c1-3-12-11(8-13(14)16-12)9-4-6-10(15-2)7-5-9/h3-7,11H,8H2,1-2H3/b12-3-. The lowest BCUT2D eigenvalue weighted by Crippen LogP contribution is -1.96. The average Bonchev–Trinajstić information content (AvgIpc) is 2.70. The highest BCUT2D eigenvalue weighted by Gasteiger charge is 2.30. The van der Waals surface area contributed by atoms with Crippen molar-refractivity contribution in [1.82, 2.24) is 0 Å². The highest BCUT2D eigenvalue weighted by Crippen LogP contribution is 2.35. The van der Waals surface area contributed by atoms with Gasteiger partial charge in [0.25, 0.3) is 0 Å². The van der Waals surface area contributed by atoms with Crippen LogP contribution in [-0.4, -0.2) is 13.1 Å². The molecule has 1 aliphatic rings. The summed E-state index contributed by atoms with van der Waals surface area (Å²) in [7, 11) is 1.63. The van der Waals surface area contributed by atoms with E-state index in [0.717, 1.165) is 17.1 Å². The maximum Gasteiger partial charge on any atom is 0.311 e. The number of cyclic esters (lactones) is 1.